The van der Waals surface area contributed by atoms with Crippen molar-refractivity contribution in [1.29, 1.82) is 0 Å². The molecule has 0 spiro atoms. The standard InChI is InChI=1S/C13H14FNO4/c1-7-2-3-8(14)4-10(7)12(17)15-6-9(16)5-11(15)13(18)19/h2-4,9,11,16H,5-6H2,1H3,(H,18,19). The van der Waals surface area contributed by atoms with Gasteiger partial charge in [0.2, 0.25) is 0 Å². The van der Waals surface area contributed by atoms with Crippen LogP contribution < -0.4 is 0 Å². The van der Waals surface area contributed by atoms with Crippen molar-refractivity contribution < 1.29 is 24.2 Å². The highest BCUT2D eigenvalue weighted by Crippen LogP contribution is 2.22. The molecular weight excluding hydrogens is 253 g/mol. The summed E-state index contributed by atoms with van der Waals surface area (Å²) in [6, 6.07) is 2.72. The van der Waals surface area contributed by atoms with Crippen LogP contribution in [0.3, 0.4) is 0 Å². The summed E-state index contributed by atoms with van der Waals surface area (Å²) in [5, 5.41) is 18.5. The lowest BCUT2D eigenvalue weighted by Crippen LogP contribution is -2.40. The number of halogens is 1. The van der Waals surface area contributed by atoms with Crippen LogP contribution in [0.2, 0.25) is 0 Å². The normalized spacial score (nSPS) is 22.6. The fourth-order valence-electron chi connectivity index (χ4n) is 2.25. The predicted octanol–water partition coefficient (Wildman–Crippen LogP) is 0.794. The maximum atomic E-state index is 13.2. The molecule has 2 atom stereocenters. The molecule has 1 saturated heterocycles. The van der Waals surface area contributed by atoms with Gasteiger partial charge in [-0.2, -0.15) is 0 Å². The topological polar surface area (TPSA) is 77.8 Å². The number of aryl methyl sites for hydroxylation is 1. The van der Waals surface area contributed by atoms with E-state index in [2.05, 4.69) is 0 Å². The number of hydrogen-bond acceptors (Lipinski definition) is 3. The zero-order valence-electron chi connectivity index (χ0n) is 10.3. The van der Waals surface area contributed by atoms with Gasteiger partial charge in [-0.25, -0.2) is 9.18 Å². The molecule has 0 aromatic heterocycles. The summed E-state index contributed by atoms with van der Waals surface area (Å²) < 4.78 is 13.2. The SMILES string of the molecule is Cc1ccc(F)cc1C(=O)N1CC(O)CC1C(=O)O. The largest absolute Gasteiger partial charge is 0.480 e. The molecule has 1 heterocycles. The first kappa shape index (κ1) is 13.5. The van der Waals surface area contributed by atoms with Crippen molar-refractivity contribution in [2.45, 2.75) is 25.5 Å². The second kappa shape index (κ2) is 4.97. The van der Waals surface area contributed by atoms with E-state index in [0.29, 0.717) is 5.56 Å². The van der Waals surface area contributed by atoms with Crippen LogP contribution in [-0.2, 0) is 4.79 Å². The van der Waals surface area contributed by atoms with Crippen LogP contribution in [-0.4, -0.2) is 45.7 Å². The molecule has 2 N–H and O–H groups in total. The number of aliphatic hydroxyl groups is 1. The highest BCUT2D eigenvalue weighted by Gasteiger charge is 2.39. The van der Waals surface area contributed by atoms with Crippen LogP contribution >= 0.6 is 0 Å². The van der Waals surface area contributed by atoms with Crippen LogP contribution in [0, 0.1) is 12.7 Å². The number of benzene rings is 1. The molecule has 1 aromatic rings. The average molecular weight is 267 g/mol. The highest BCUT2D eigenvalue weighted by atomic mass is 19.1. The quantitative estimate of drug-likeness (QED) is 0.830. The van der Waals surface area contributed by atoms with Gasteiger partial charge in [-0.05, 0) is 24.6 Å². The van der Waals surface area contributed by atoms with E-state index in [-0.39, 0.29) is 18.5 Å². The van der Waals surface area contributed by atoms with Gasteiger partial charge < -0.3 is 15.1 Å². The molecule has 19 heavy (non-hydrogen) atoms. The van der Waals surface area contributed by atoms with E-state index in [9.17, 15) is 19.1 Å². The summed E-state index contributed by atoms with van der Waals surface area (Å²) in [6.07, 6.45) is -0.867. The number of aliphatic hydroxyl groups excluding tert-OH is 1. The Bertz CT molecular complexity index is 531. The molecule has 2 unspecified atom stereocenters. The number of hydrogen-bond donors (Lipinski definition) is 2. The zero-order chi connectivity index (χ0) is 14.2. The summed E-state index contributed by atoms with van der Waals surface area (Å²) in [5.41, 5.74) is 0.692. The number of likely N-dealkylation sites (tertiary alicyclic amines) is 1. The summed E-state index contributed by atoms with van der Waals surface area (Å²) in [7, 11) is 0. The van der Waals surface area contributed by atoms with Crippen LogP contribution in [0.4, 0.5) is 4.39 Å². The molecule has 6 heteroatoms. The van der Waals surface area contributed by atoms with Crippen LogP contribution in [0.5, 0.6) is 0 Å². The number of rotatable bonds is 2. The van der Waals surface area contributed by atoms with Crippen molar-refractivity contribution in [3.63, 3.8) is 0 Å². The Balaban J connectivity index is 2.33. The van der Waals surface area contributed by atoms with E-state index in [1.54, 1.807) is 6.92 Å². The lowest BCUT2D eigenvalue weighted by atomic mass is 10.1. The van der Waals surface area contributed by atoms with Gasteiger partial charge in [0.25, 0.3) is 5.91 Å². The number of carboxylic acid groups (broad SMARTS) is 1. The number of carboxylic acids is 1. The first-order valence-electron chi connectivity index (χ1n) is 5.88. The van der Waals surface area contributed by atoms with Crippen LogP contribution in [0.1, 0.15) is 22.3 Å². The van der Waals surface area contributed by atoms with E-state index in [1.807, 2.05) is 0 Å². The van der Waals surface area contributed by atoms with E-state index in [1.165, 1.54) is 12.1 Å². The molecular formula is C13H14FNO4. The molecule has 0 aliphatic carbocycles. The molecule has 0 bridgehead atoms. The minimum Gasteiger partial charge on any atom is -0.480 e. The van der Waals surface area contributed by atoms with Crippen molar-refractivity contribution in [1.82, 2.24) is 4.90 Å². The fraction of sp³-hybridized carbons (Fsp3) is 0.385. The van der Waals surface area contributed by atoms with Gasteiger partial charge in [0.05, 0.1) is 6.10 Å². The molecule has 102 valence electrons. The Hall–Kier alpha value is -1.95. The molecule has 1 amide bonds. The molecule has 0 radical (unpaired) electrons. The van der Waals surface area contributed by atoms with Gasteiger partial charge in [-0.15, -0.1) is 0 Å². The van der Waals surface area contributed by atoms with Gasteiger partial charge in [0.1, 0.15) is 11.9 Å². The van der Waals surface area contributed by atoms with Gasteiger partial charge in [0, 0.05) is 18.5 Å². The average Bonchev–Trinajstić information content (AvgIpc) is 2.74. The molecule has 0 saturated carbocycles. The predicted molar refractivity (Wildman–Crippen MR) is 64.2 cm³/mol. The Morgan fingerprint density at radius 2 is 2.11 bits per heavy atom. The van der Waals surface area contributed by atoms with E-state index < -0.39 is 29.8 Å². The molecule has 5 nitrogen and oxygen atoms in total. The second-order valence-electron chi connectivity index (χ2n) is 4.66. The molecule has 2 rings (SSSR count). The molecule has 1 fully saturated rings. The van der Waals surface area contributed by atoms with Gasteiger partial charge in [-0.1, -0.05) is 6.07 Å². The third kappa shape index (κ3) is 2.58. The van der Waals surface area contributed by atoms with Crippen molar-refractivity contribution in [2.75, 3.05) is 6.54 Å². The van der Waals surface area contributed by atoms with Gasteiger partial charge >= 0.3 is 5.97 Å². The minimum atomic E-state index is -1.17. The van der Waals surface area contributed by atoms with Gasteiger partial charge in [-0.3, -0.25) is 4.79 Å². The smallest absolute Gasteiger partial charge is 0.326 e. The zero-order valence-corrected chi connectivity index (χ0v) is 10.3. The van der Waals surface area contributed by atoms with E-state index in [4.69, 9.17) is 5.11 Å². The summed E-state index contributed by atoms with van der Waals surface area (Å²) in [4.78, 5) is 24.4. The Labute approximate surface area is 109 Å². The Morgan fingerprint density at radius 3 is 2.74 bits per heavy atom. The summed E-state index contributed by atoms with van der Waals surface area (Å²) in [5.74, 6) is -2.29. The third-order valence-corrected chi connectivity index (χ3v) is 3.25. The van der Waals surface area contributed by atoms with E-state index in [0.717, 1.165) is 11.0 Å². The van der Waals surface area contributed by atoms with Crippen molar-refractivity contribution in [2.24, 2.45) is 0 Å². The lowest BCUT2D eigenvalue weighted by molar-refractivity contribution is -0.141. The third-order valence-electron chi connectivity index (χ3n) is 3.25. The van der Waals surface area contributed by atoms with Crippen LogP contribution in [0.25, 0.3) is 0 Å². The first-order chi connectivity index (χ1) is 8.90. The summed E-state index contributed by atoms with van der Waals surface area (Å²) >= 11 is 0. The number of carbonyl (C=O) groups excluding carboxylic acids is 1. The number of nitrogens with zero attached hydrogens (tertiary/aromatic N) is 1. The number of β-amino-alcohol motifs (C(OH)–C–C–N with tert-alkyl or cyclic N) is 1. The van der Waals surface area contributed by atoms with Crippen LogP contribution in [0.15, 0.2) is 18.2 Å². The Kier molecular flexibility index (Phi) is 3.53. The first-order valence-corrected chi connectivity index (χ1v) is 5.88. The summed E-state index contributed by atoms with van der Waals surface area (Å²) in [6.45, 7) is 1.60. The highest BCUT2D eigenvalue weighted by molar-refractivity contribution is 5.98. The van der Waals surface area contributed by atoms with Crippen molar-refractivity contribution in [3.05, 3.63) is 35.1 Å². The fourth-order valence-corrected chi connectivity index (χ4v) is 2.25. The Morgan fingerprint density at radius 1 is 1.42 bits per heavy atom. The van der Waals surface area contributed by atoms with Gasteiger partial charge in [0.15, 0.2) is 0 Å². The maximum absolute atomic E-state index is 13.2. The monoisotopic (exact) mass is 267 g/mol. The number of amides is 1. The molecule has 1 aliphatic rings. The molecule has 1 aliphatic heterocycles. The van der Waals surface area contributed by atoms with Crippen molar-refractivity contribution in [3.8, 4) is 0 Å². The minimum absolute atomic E-state index is 0.00453. The second-order valence-corrected chi connectivity index (χ2v) is 4.66. The number of aliphatic carboxylic acids is 1. The number of carbonyl (C=O) groups is 2. The maximum Gasteiger partial charge on any atom is 0.326 e. The molecule has 1 aromatic carbocycles. The van der Waals surface area contributed by atoms with E-state index >= 15 is 0 Å². The van der Waals surface area contributed by atoms with Crippen molar-refractivity contribution >= 4 is 11.9 Å². The lowest BCUT2D eigenvalue weighted by Gasteiger charge is -2.22.